The molecule has 0 aliphatic carbocycles. The molecule has 0 N–H and O–H groups in total. The topological polar surface area (TPSA) is 59.0 Å². The Hall–Kier alpha value is -1.13. The Balaban J connectivity index is 2.43. The number of ether oxygens (including phenoxy) is 1. The van der Waals surface area contributed by atoms with Crippen LogP contribution in [0.3, 0.4) is 0 Å². The molecule has 5 nitrogen and oxygen atoms in total. The predicted octanol–water partition coefficient (Wildman–Crippen LogP) is 0.653. The fourth-order valence-electron chi connectivity index (χ4n) is 1.13. The number of hydrogen-bond donors (Lipinski definition) is 0. The first-order valence-corrected chi connectivity index (χ1v) is 3.51. The largest absolute Gasteiger partial charge is 0.440 e. The summed E-state index contributed by atoms with van der Waals surface area (Å²) in [6.07, 6.45) is 1.12. The highest BCUT2D eigenvalue weighted by Crippen LogP contribution is 2.17. The zero-order chi connectivity index (χ0) is 8.27. The van der Waals surface area contributed by atoms with Crippen LogP contribution in [0.2, 0.25) is 0 Å². The number of nitrogens with zero attached hydrogens (tertiary/aromatic N) is 2. The van der Waals surface area contributed by atoms with Gasteiger partial charge >= 0.3 is 5.97 Å². The van der Waals surface area contributed by atoms with E-state index in [-0.39, 0.29) is 5.97 Å². The number of carbonyl (C=O) groups excluding carboxylic acids is 1. The van der Waals surface area contributed by atoms with E-state index in [9.17, 15) is 9.70 Å². The first-order valence-electron chi connectivity index (χ1n) is 3.51. The van der Waals surface area contributed by atoms with Crippen molar-refractivity contribution < 1.29 is 9.53 Å². The van der Waals surface area contributed by atoms with Gasteiger partial charge in [0.25, 0.3) is 0 Å². The van der Waals surface area contributed by atoms with Gasteiger partial charge < -0.3 is 4.74 Å². The van der Waals surface area contributed by atoms with Crippen LogP contribution < -0.4 is 0 Å². The first-order chi connectivity index (χ1) is 5.24. The first kappa shape index (κ1) is 7.97. The van der Waals surface area contributed by atoms with E-state index in [0.717, 1.165) is 6.42 Å². The lowest BCUT2D eigenvalue weighted by Crippen LogP contribution is -2.27. The standard InChI is InChI=1S/C6H10N2O3/c1-5(9)11-6-3-2-4-8(6)7-10/h6H,2-4H2,1H3. The molecule has 0 amide bonds. The monoisotopic (exact) mass is 158 g/mol. The van der Waals surface area contributed by atoms with Crippen LogP contribution in [0, 0.1) is 4.91 Å². The van der Waals surface area contributed by atoms with Crippen molar-refractivity contribution in [2.75, 3.05) is 6.54 Å². The van der Waals surface area contributed by atoms with Gasteiger partial charge in [0, 0.05) is 19.9 Å². The van der Waals surface area contributed by atoms with Crippen molar-refractivity contribution in [1.82, 2.24) is 5.01 Å². The van der Waals surface area contributed by atoms with Gasteiger partial charge in [0.2, 0.25) is 0 Å². The van der Waals surface area contributed by atoms with Crippen molar-refractivity contribution in [3.05, 3.63) is 4.91 Å². The minimum atomic E-state index is -0.426. The van der Waals surface area contributed by atoms with Crippen LogP contribution in [0.15, 0.2) is 5.29 Å². The van der Waals surface area contributed by atoms with Crippen LogP contribution in [0.5, 0.6) is 0 Å². The molecule has 62 valence electrons. The SMILES string of the molecule is CC(=O)OC1CCCN1N=O. The van der Waals surface area contributed by atoms with E-state index in [1.54, 1.807) is 0 Å². The summed E-state index contributed by atoms with van der Waals surface area (Å²) in [4.78, 5) is 20.6. The number of hydrogen-bond acceptors (Lipinski definition) is 4. The number of rotatable bonds is 2. The average molecular weight is 158 g/mol. The van der Waals surface area contributed by atoms with Crippen LogP contribution in [-0.4, -0.2) is 23.8 Å². The quantitative estimate of drug-likeness (QED) is 0.437. The van der Waals surface area contributed by atoms with Crippen LogP contribution >= 0.6 is 0 Å². The molecule has 1 rings (SSSR count). The lowest BCUT2D eigenvalue weighted by molar-refractivity contribution is -0.153. The second kappa shape index (κ2) is 3.32. The summed E-state index contributed by atoms with van der Waals surface area (Å²) in [5.41, 5.74) is 0. The van der Waals surface area contributed by atoms with Gasteiger partial charge in [0.05, 0.1) is 5.29 Å². The van der Waals surface area contributed by atoms with E-state index in [1.165, 1.54) is 11.9 Å². The van der Waals surface area contributed by atoms with Gasteiger partial charge in [0.1, 0.15) is 0 Å². The molecule has 1 aliphatic heterocycles. The summed E-state index contributed by atoms with van der Waals surface area (Å²) in [6, 6.07) is 0. The van der Waals surface area contributed by atoms with Crippen molar-refractivity contribution in [1.29, 1.82) is 0 Å². The lowest BCUT2D eigenvalue weighted by Gasteiger charge is -2.16. The molecule has 1 atom stereocenters. The summed E-state index contributed by atoms with van der Waals surface area (Å²) >= 11 is 0. The van der Waals surface area contributed by atoms with Crippen molar-refractivity contribution >= 4 is 5.97 Å². The third-order valence-electron chi connectivity index (χ3n) is 1.58. The molecule has 0 aromatic rings. The molecule has 11 heavy (non-hydrogen) atoms. The molecule has 1 unspecified atom stereocenters. The van der Waals surface area contributed by atoms with Gasteiger partial charge in [-0.15, -0.1) is 4.91 Å². The van der Waals surface area contributed by atoms with Gasteiger partial charge in [-0.3, -0.25) is 4.79 Å². The highest BCUT2D eigenvalue weighted by molar-refractivity contribution is 5.66. The fraction of sp³-hybridized carbons (Fsp3) is 0.833. The molecule has 0 saturated carbocycles. The molecule has 0 radical (unpaired) electrons. The predicted molar refractivity (Wildman–Crippen MR) is 37.3 cm³/mol. The van der Waals surface area contributed by atoms with E-state index < -0.39 is 6.23 Å². The van der Waals surface area contributed by atoms with Gasteiger partial charge in [-0.05, 0) is 6.42 Å². The molecule has 0 bridgehead atoms. The zero-order valence-electron chi connectivity index (χ0n) is 6.32. The Bertz CT molecular complexity index is 171. The molecule has 0 spiro atoms. The molecule has 1 heterocycles. The lowest BCUT2D eigenvalue weighted by atomic mass is 10.4. The van der Waals surface area contributed by atoms with Crippen LogP contribution in [0.1, 0.15) is 19.8 Å². The van der Waals surface area contributed by atoms with Crippen LogP contribution in [0.25, 0.3) is 0 Å². The van der Waals surface area contributed by atoms with E-state index in [2.05, 4.69) is 5.29 Å². The van der Waals surface area contributed by atoms with Gasteiger partial charge in [-0.2, -0.15) is 0 Å². The third-order valence-corrected chi connectivity index (χ3v) is 1.58. The number of carbonyl (C=O) groups is 1. The summed E-state index contributed by atoms with van der Waals surface area (Å²) in [5, 5.41) is 3.98. The van der Waals surface area contributed by atoms with Gasteiger partial charge in [-0.25, -0.2) is 5.01 Å². The molecule has 1 saturated heterocycles. The van der Waals surface area contributed by atoms with E-state index in [1.807, 2.05) is 0 Å². The summed E-state index contributed by atoms with van der Waals surface area (Å²) in [5.74, 6) is -0.370. The fourth-order valence-corrected chi connectivity index (χ4v) is 1.13. The molecule has 1 aliphatic rings. The minimum Gasteiger partial charge on any atom is -0.440 e. The van der Waals surface area contributed by atoms with Gasteiger partial charge in [-0.1, -0.05) is 0 Å². The van der Waals surface area contributed by atoms with Gasteiger partial charge in [0.15, 0.2) is 6.23 Å². The minimum absolute atomic E-state index is 0.370. The van der Waals surface area contributed by atoms with Crippen molar-refractivity contribution in [3.63, 3.8) is 0 Å². The van der Waals surface area contributed by atoms with E-state index >= 15 is 0 Å². The number of esters is 1. The smallest absolute Gasteiger partial charge is 0.304 e. The molecular formula is C6H10N2O3. The highest BCUT2D eigenvalue weighted by atomic mass is 16.6. The van der Waals surface area contributed by atoms with E-state index in [4.69, 9.17) is 4.74 Å². The molecule has 1 fully saturated rings. The Morgan fingerprint density at radius 1 is 1.73 bits per heavy atom. The maximum absolute atomic E-state index is 10.5. The Kier molecular flexibility index (Phi) is 2.40. The second-order valence-electron chi connectivity index (χ2n) is 2.45. The molecular weight excluding hydrogens is 148 g/mol. The molecule has 0 aromatic heterocycles. The third kappa shape index (κ3) is 1.89. The Labute approximate surface area is 64.3 Å². The van der Waals surface area contributed by atoms with E-state index in [0.29, 0.717) is 13.0 Å². The second-order valence-corrected chi connectivity index (χ2v) is 2.45. The van der Waals surface area contributed by atoms with Crippen molar-refractivity contribution in [2.24, 2.45) is 5.29 Å². The molecule has 5 heteroatoms. The van der Waals surface area contributed by atoms with Crippen molar-refractivity contribution in [3.8, 4) is 0 Å². The molecule has 0 aromatic carbocycles. The number of nitroso groups, excluding NO2 is 1. The zero-order valence-corrected chi connectivity index (χ0v) is 6.32. The summed E-state index contributed by atoms with van der Waals surface area (Å²) < 4.78 is 4.81. The Morgan fingerprint density at radius 2 is 2.45 bits per heavy atom. The normalized spacial score (nSPS) is 23.4. The van der Waals surface area contributed by atoms with Crippen molar-refractivity contribution in [2.45, 2.75) is 26.0 Å². The maximum atomic E-state index is 10.5. The summed E-state index contributed by atoms with van der Waals surface area (Å²) in [7, 11) is 0. The Morgan fingerprint density at radius 3 is 3.00 bits per heavy atom. The highest BCUT2D eigenvalue weighted by Gasteiger charge is 2.26. The van der Waals surface area contributed by atoms with Crippen LogP contribution in [-0.2, 0) is 9.53 Å². The van der Waals surface area contributed by atoms with Crippen LogP contribution in [0.4, 0.5) is 0 Å². The summed E-state index contributed by atoms with van der Waals surface area (Å²) in [6.45, 7) is 1.91. The average Bonchev–Trinajstić information content (AvgIpc) is 2.34. The maximum Gasteiger partial charge on any atom is 0.304 e.